The summed E-state index contributed by atoms with van der Waals surface area (Å²) in [6.45, 7) is 3.64. The molecule has 8 heteroatoms. The number of nitrogens with one attached hydrogen (secondary N) is 1. The molecule has 5 nitrogen and oxygen atoms in total. The minimum absolute atomic E-state index is 0.165. The number of sulfonamides is 1. The SMILES string of the molecule is Cc1csc(C(C)NS(=O)(=O)c2ccc(N)c(Br)c2)n1. The van der Waals surface area contributed by atoms with E-state index in [0.29, 0.717) is 10.2 Å². The van der Waals surface area contributed by atoms with Crippen molar-refractivity contribution in [2.45, 2.75) is 24.8 Å². The predicted molar refractivity (Wildman–Crippen MR) is 84.1 cm³/mol. The molecular formula is C12H14BrN3O2S2. The molecule has 0 fully saturated rings. The van der Waals surface area contributed by atoms with E-state index in [1.54, 1.807) is 13.0 Å². The van der Waals surface area contributed by atoms with E-state index in [1.807, 2.05) is 12.3 Å². The van der Waals surface area contributed by atoms with E-state index in [4.69, 9.17) is 5.73 Å². The number of nitrogen functional groups attached to an aromatic ring is 1. The molecule has 0 radical (unpaired) electrons. The van der Waals surface area contributed by atoms with E-state index < -0.39 is 10.0 Å². The normalized spacial score (nSPS) is 13.3. The number of nitrogens with zero attached hydrogens (tertiary/aromatic N) is 1. The molecule has 0 saturated carbocycles. The van der Waals surface area contributed by atoms with Crippen LogP contribution in [-0.2, 0) is 10.0 Å². The molecule has 1 aromatic carbocycles. The Hall–Kier alpha value is -0.960. The zero-order valence-corrected chi connectivity index (χ0v) is 14.1. The van der Waals surface area contributed by atoms with Gasteiger partial charge >= 0.3 is 0 Å². The van der Waals surface area contributed by atoms with Gasteiger partial charge in [0.25, 0.3) is 0 Å². The van der Waals surface area contributed by atoms with Gasteiger partial charge in [-0.05, 0) is 48.0 Å². The van der Waals surface area contributed by atoms with Gasteiger partial charge in [0.15, 0.2) is 0 Å². The van der Waals surface area contributed by atoms with E-state index >= 15 is 0 Å². The van der Waals surface area contributed by atoms with Gasteiger partial charge < -0.3 is 5.73 Å². The van der Waals surface area contributed by atoms with E-state index in [2.05, 4.69) is 25.6 Å². The van der Waals surface area contributed by atoms with Crippen molar-refractivity contribution >= 4 is 43.0 Å². The number of halogens is 1. The van der Waals surface area contributed by atoms with Crippen LogP contribution in [0.4, 0.5) is 5.69 Å². The summed E-state index contributed by atoms with van der Waals surface area (Å²) in [5.41, 5.74) is 7.03. The Labute approximate surface area is 130 Å². The first-order chi connectivity index (χ1) is 9.29. The Morgan fingerprint density at radius 2 is 2.15 bits per heavy atom. The molecule has 108 valence electrons. The van der Waals surface area contributed by atoms with E-state index in [9.17, 15) is 8.42 Å². The smallest absolute Gasteiger partial charge is 0.241 e. The van der Waals surface area contributed by atoms with Crippen LogP contribution in [-0.4, -0.2) is 13.4 Å². The van der Waals surface area contributed by atoms with Crippen LogP contribution < -0.4 is 10.5 Å². The molecule has 0 spiro atoms. The fraction of sp³-hybridized carbons (Fsp3) is 0.250. The number of benzene rings is 1. The van der Waals surface area contributed by atoms with Crippen molar-refractivity contribution in [3.8, 4) is 0 Å². The van der Waals surface area contributed by atoms with Crippen LogP contribution in [0.25, 0.3) is 0 Å². The van der Waals surface area contributed by atoms with Crippen LogP contribution in [0.15, 0.2) is 32.9 Å². The van der Waals surface area contributed by atoms with Gasteiger partial charge in [-0.15, -0.1) is 11.3 Å². The Balaban J connectivity index is 2.24. The molecule has 0 aliphatic carbocycles. The lowest BCUT2D eigenvalue weighted by Gasteiger charge is -2.12. The summed E-state index contributed by atoms with van der Waals surface area (Å²) in [5, 5.41) is 2.63. The molecule has 0 aliphatic heterocycles. The van der Waals surface area contributed by atoms with Crippen LogP contribution in [0.2, 0.25) is 0 Å². The summed E-state index contributed by atoms with van der Waals surface area (Å²) in [4.78, 5) is 4.45. The zero-order chi connectivity index (χ0) is 14.9. The lowest BCUT2D eigenvalue weighted by molar-refractivity contribution is 0.566. The first-order valence-electron chi connectivity index (χ1n) is 5.79. The van der Waals surface area contributed by atoms with Gasteiger partial charge in [0.05, 0.1) is 10.9 Å². The van der Waals surface area contributed by atoms with Crippen molar-refractivity contribution in [1.29, 1.82) is 0 Å². The molecule has 0 bridgehead atoms. The number of anilines is 1. The molecule has 1 heterocycles. The van der Waals surface area contributed by atoms with Crippen molar-refractivity contribution in [2.24, 2.45) is 0 Å². The fourth-order valence-electron chi connectivity index (χ4n) is 1.60. The fourth-order valence-corrected chi connectivity index (χ4v) is 4.24. The summed E-state index contributed by atoms with van der Waals surface area (Å²) in [5.74, 6) is 0. The van der Waals surface area contributed by atoms with Gasteiger partial charge in [0.1, 0.15) is 5.01 Å². The van der Waals surface area contributed by atoms with Crippen LogP contribution in [0.1, 0.15) is 23.7 Å². The van der Waals surface area contributed by atoms with E-state index in [1.165, 1.54) is 23.5 Å². The lowest BCUT2D eigenvalue weighted by atomic mass is 10.3. The molecule has 3 N–H and O–H groups in total. The average molecular weight is 376 g/mol. The molecule has 1 atom stereocenters. The van der Waals surface area contributed by atoms with Crippen LogP contribution >= 0.6 is 27.3 Å². The Morgan fingerprint density at radius 1 is 1.45 bits per heavy atom. The number of aromatic nitrogens is 1. The monoisotopic (exact) mass is 375 g/mol. The summed E-state index contributed by atoms with van der Waals surface area (Å²) < 4.78 is 27.7. The maximum atomic E-state index is 12.3. The van der Waals surface area contributed by atoms with E-state index in [-0.39, 0.29) is 10.9 Å². The number of rotatable bonds is 4. The number of hydrogen-bond donors (Lipinski definition) is 2. The highest BCUT2D eigenvalue weighted by Crippen LogP contribution is 2.25. The molecule has 2 aromatic rings. The quantitative estimate of drug-likeness (QED) is 0.804. The topological polar surface area (TPSA) is 85.1 Å². The highest BCUT2D eigenvalue weighted by Gasteiger charge is 2.20. The minimum Gasteiger partial charge on any atom is -0.398 e. The van der Waals surface area contributed by atoms with Gasteiger partial charge in [0.2, 0.25) is 10.0 Å². The van der Waals surface area contributed by atoms with Crippen molar-refractivity contribution in [3.63, 3.8) is 0 Å². The van der Waals surface area contributed by atoms with Crippen LogP contribution in [0, 0.1) is 6.92 Å². The maximum Gasteiger partial charge on any atom is 0.241 e. The maximum absolute atomic E-state index is 12.3. The zero-order valence-electron chi connectivity index (χ0n) is 10.9. The molecule has 20 heavy (non-hydrogen) atoms. The van der Waals surface area contributed by atoms with Crippen LogP contribution in [0.5, 0.6) is 0 Å². The summed E-state index contributed by atoms with van der Waals surface area (Å²) in [7, 11) is -3.61. The predicted octanol–water partition coefficient (Wildman–Crippen LogP) is 2.84. The Kier molecular flexibility index (Phi) is 4.48. The number of nitrogens with two attached hydrogens (primary N) is 1. The second-order valence-electron chi connectivity index (χ2n) is 4.35. The number of thiazole rings is 1. The summed E-state index contributed by atoms with van der Waals surface area (Å²) in [6, 6.07) is 4.13. The first-order valence-corrected chi connectivity index (χ1v) is 8.94. The molecule has 1 unspecified atom stereocenters. The van der Waals surface area contributed by atoms with Crippen molar-refractivity contribution < 1.29 is 8.42 Å². The third-order valence-corrected chi connectivity index (χ3v) is 5.99. The van der Waals surface area contributed by atoms with Gasteiger partial charge in [-0.1, -0.05) is 0 Å². The molecule has 2 rings (SSSR count). The summed E-state index contributed by atoms with van der Waals surface area (Å²) >= 11 is 4.66. The molecule has 0 amide bonds. The molecule has 0 aliphatic rings. The average Bonchev–Trinajstić information content (AvgIpc) is 2.79. The largest absolute Gasteiger partial charge is 0.398 e. The van der Waals surface area contributed by atoms with Gasteiger partial charge in [-0.2, -0.15) is 0 Å². The second-order valence-corrected chi connectivity index (χ2v) is 7.81. The van der Waals surface area contributed by atoms with Gasteiger partial charge in [0, 0.05) is 21.2 Å². The third kappa shape index (κ3) is 3.38. The Bertz CT molecular complexity index is 728. The molecule has 1 aromatic heterocycles. The summed E-state index contributed by atoms with van der Waals surface area (Å²) in [6.07, 6.45) is 0. The van der Waals surface area contributed by atoms with Crippen molar-refractivity contribution in [2.75, 3.05) is 5.73 Å². The van der Waals surface area contributed by atoms with Gasteiger partial charge in [-0.3, -0.25) is 0 Å². The van der Waals surface area contributed by atoms with E-state index in [0.717, 1.165) is 10.7 Å². The number of aryl methyl sites for hydroxylation is 1. The lowest BCUT2D eigenvalue weighted by Crippen LogP contribution is -2.26. The highest BCUT2D eigenvalue weighted by molar-refractivity contribution is 9.10. The highest BCUT2D eigenvalue weighted by atomic mass is 79.9. The molecule has 0 saturated heterocycles. The van der Waals surface area contributed by atoms with Crippen molar-refractivity contribution in [1.82, 2.24) is 9.71 Å². The molecular weight excluding hydrogens is 362 g/mol. The standard InChI is InChI=1S/C12H14BrN3O2S2/c1-7-6-19-12(15-7)8(2)16-20(17,18)9-3-4-11(14)10(13)5-9/h3-6,8,16H,14H2,1-2H3. The second kappa shape index (κ2) is 5.80. The van der Waals surface area contributed by atoms with Crippen molar-refractivity contribution in [3.05, 3.63) is 38.8 Å². The number of hydrogen-bond acceptors (Lipinski definition) is 5. The minimum atomic E-state index is -3.61. The Morgan fingerprint density at radius 3 is 2.70 bits per heavy atom. The van der Waals surface area contributed by atoms with Gasteiger partial charge in [-0.25, -0.2) is 18.1 Å². The first kappa shape index (κ1) is 15.4. The van der Waals surface area contributed by atoms with Crippen LogP contribution in [0.3, 0.4) is 0 Å². The third-order valence-electron chi connectivity index (χ3n) is 2.62.